The van der Waals surface area contributed by atoms with E-state index in [0.717, 1.165) is 12.1 Å². The number of hydrogen-bond acceptors (Lipinski definition) is 5. The van der Waals surface area contributed by atoms with Gasteiger partial charge in [0.05, 0.1) is 28.9 Å². The molecule has 2 aromatic rings. The van der Waals surface area contributed by atoms with Crippen LogP contribution in [0.5, 0.6) is 0 Å². The first kappa shape index (κ1) is 22.0. The predicted molar refractivity (Wildman–Crippen MR) is 103 cm³/mol. The molecule has 4 amide bonds. The van der Waals surface area contributed by atoms with Gasteiger partial charge in [-0.2, -0.15) is 13.2 Å². The number of methoxy groups -OCH3 is 1. The standard InChI is InChI=1S/C20H12ClF3N2O5/c1-31-18(29)11-4-2-10(3-5-11)8-13-16(27)25-19(30)26(17(13)28)15-9-12(20(22,23)24)6-7-14(15)21/h2-9H,1H3,(H,25,27,30)/b13-8+. The maximum absolute atomic E-state index is 13.1. The van der Waals surface area contributed by atoms with E-state index in [1.165, 1.54) is 31.4 Å². The minimum Gasteiger partial charge on any atom is -0.465 e. The van der Waals surface area contributed by atoms with Crippen LogP contribution in [0.2, 0.25) is 5.02 Å². The molecule has 1 fully saturated rings. The Morgan fingerprint density at radius 1 is 1.10 bits per heavy atom. The first-order valence-corrected chi connectivity index (χ1v) is 8.87. The molecule has 2 aromatic carbocycles. The van der Waals surface area contributed by atoms with E-state index in [1.807, 2.05) is 5.32 Å². The molecular weight excluding hydrogens is 441 g/mol. The largest absolute Gasteiger partial charge is 0.465 e. The van der Waals surface area contributed by atoms with Gasteiger partial charge in [-0.1, -0.05) is 23.7 Å². The Morgan fingerprint density at radius 3 is 2.32 bits per heavy atom. The van der Waals surface area contributed by atoms with Gasteiger partial charge in [0.25, 0.3) is 11.8 Å². The number of amides is 4. The van der Waals surface area contributed by atoms with Crippen molar-refractivity contribution in [1.29, 1.82) is 0 Å². The normalized spacial score (nSPS) is 15.8. The molecule has 0 bridgehead atoms. The van der Waals surface area contributed by atoms with Crippen LogP contribution in [0.3, 0.4) is 0 Å². The number of nitrogens with zero attached hydrogens (tertiary/aromatic N) is 1. The van der Waals surface area contributed by atoms with Crippen LogP contribution < -0.4 is 10.2 Å². The van der Waals surface area contributed by atoms with Crippen molar-refractivity contribution >= 4 is 47.2 Å². The zero-order valence-electron chi connectivity index (χ0n) is 15.6. The lowest BCUT2D eigenvalue weighted by molar-refractivity contribution is -0.137. The SMILES string of the molecule is COC(=O)c1ccc(/C=C2\C(=O)NC(=O)N(c3cc(C(F)(F)F)ccc3Cl)C2=O)cc1. The Balaban J connectivity index is 2.02. The van der Waals surface area contributed by atoms with Gasteiger partial charge >= 0.3 is 18.2 Å². The smallest absolute Gasteiger partial charge is 0.416 e. The fraction of sp³-hybridized carbons (Fsp3) is 0.100. The van der Waals surface area contributed by atoms with Crippen LogP contribution >= 0.6 is 11.6 Å². The molecule has 1 aliphatic rings. The first-order chi connectivity index (χ1) is 14.5. The second-order valence-corrected chi connectivity index (χ2v) is 6.64. The van der Waals surface area contributed by atoms with Gasteiger partial charge in [-0.25, -0.2) is 14.5 Å². The summed E-state index contributed by atoms with van der Waals surface area (Å²) in [4.78, 5) is 49.1. The Bertz CT molecular complexity index is 1130. The third-order valence-corrected chi connectivity index (χ3v) is 4.58. The van der Waals surface area contributed by atoms with Gasteiger partial charge < -0.3 is 4.74 Å². The molecule has 1 heterocycles. The highest BCUT2D eigenvalue weighted by molar-refractivity contribution is 6.42. The molecule has 0 unspecified atom stereocenters. The molecule has 0 atom stereocenters. The molecule has 0 saturated carbocycles. The molecule has 0 aromatic heterocycles. The van der Waals surface area contributed by atoms with Gasteiger partial charge in [-0.15, -0.1) is 0 Å². The number of carbonyl (C=O) groups excluding carboxylic acids is 4. The van der Waals surface area contributed by atoms with E-state index in [9.17, 15) is 32.3 Å². The maximum atomic E-state index is 13.1. The highest BCUT2D eigenvalue weighted by atomic mass is 35.5. The average molecular weight is 453 g/mol. The van der Waals surface area contributed by atoms with E-state index >= 15 is 0 Å². The molecule has 1 N–H and O–H groups in total. The monoisotopic (exact) mass is 452 g/mol. The van der Waals surface area contributed by atoms with Crippen molar-refractivity contribution in [1.82, 2.24) is 5.32 Å². The van der Waals surface area contributed by atoms with Crippen LogP contribution in [0.4, 0.5) is 23.7 Å². The minimum absolute atomic E-state index is 0.219. The van der Waals surface area contributed by atoms with E-state index < -0.39 is 46.8 Å². The third-order valence-electron chi connectivity index (χ3n) is 4.26. The summed E-state index contributed by atoms with van der Waals surface area (Å²) in [6, 6.07) is 6.49. The molecule has 3 rings (SSSR count). The Kier molecular flexibility index (Phi) is 5.85. The lowest BCUT2D eigenvalue weighted by Crippen LogP contribution is -2.54. The second-order valence-electron chi connectivity index (χ2n) is 6.24. The summed E-state index contributed by atoms with van der Waals surface area (Å²) < 4.78 is 43.7. The molecule has 7 nitrogen and oxygen atoms in total. The molecule has 0 radical (unpaired) electrons. The van der Waals surface area contributed by atoms with Crippen molar-refractivity contribution in [2.75, 3.05) is 12.0 Å². The number of esters is 1. The van der Waals surface area contributed by atoms with E-state index in [2.05, 4.69) is 4.74 Å². The molecule has 0 spiro atoms. The number of anilines is 1. The number of rotatable bonds is 3. The quantitative estimate of drug-likeness (QED) is 0.434. The van der Waals surface area contributed by atoms with Gasteiger partial charge in [0.2, 0.25) is 0 Å². The minimum atomic E-state index is -4.75. The highest BCUT2D eigenvalue weighted by Gasteiger charge is 2.39. The number of carbonyl (C=O) groups is 4. The summed E-state index contributed by atoms with van der Waals surface area (Å²) in [6.45, 7) is 0. The second kappa shape index (κ2) is 8.23. The number of urea groups is 1. The van der Waals surface area contributed by atoms with E-state index in [1.54, 1.807) is 0 Å². The average Bonchev–Trinajstić information content (AvgIpc) is 2.71. The van der Waals surface area contributed by atoms with Crippen LogP contribution in [0.1, 0.15) is 21.5 Å². The maximum Gasteiger partial charge on any atom is 0.416 e. The van der Waals surface area contributed by atoms with Gasteiger partial charge in [0, 0.05) is 0 Å². The summed E-state index contributed by atoms with van der Waals surface area (Å²) in [5.74, 6) is -2.79. The Hall–Kier alpha value is -3.66. The lowest BCUT2D eigenvalue weighted by Gasteiger charge is -2.27. The predicted octanol–water partition coefficient (Wildman–Crippen LogP) is 3.81. The number of imide groups is 2. The fourth-order valence-corrected chi connectivity index (χ4v) is 2.94. The van der Waals surface area contributed by atoms with Gasteiger partial charge in [0.15, 0.2) is 0 Å². The van der Waals surface area contributed by atoms with Gasteiger partial charge in [-0.05, 0) is 42.0 Å². The number of ether oxygens (including phenoxy) is 1. The Morgan fingerprint density at radius 2 is 1.74 bits per heavy atom. The number of benzene rings is 2. The Labute approximate surface area is 178 Å². The van der Waals surface area contributed by atoms with Crippen molar-refractivity contribution < 1.29 is 37.1 Å². The summed E-state index contributed by atoms with van der Waals surface area (Å²) >= 11 is 5.93. The summed E-state index contributed by atoms with van der Waals surface area (Å²) in [7, 11) is 1.20. The highest BCUT2D eigenvalue weighted by Crippen LogP contribution is 2.36. The lowest BCUT2D eigenvalue weighted by atomic mass is 10.0. The summed E-state index contributed by atoms with van der Waals surface area (Å²) in [5.41, 5.74) is -1.64. The number of alkyl halides is 3. The van der Waals surface area contributed by atoms with E-state index in [0.29, 0.717) is 22.6 Å². The molecule has 31 heavy (non-hydrogen) atoms. The zero-order chi connectivity index (χ0) is 22.9. The van der Waals surface area contributed by atoms with Crippen LogP contribution in [0.25, 0.3) is 6.08 Å². The van der Waals surface area contributed by atoms with E-state index in [4.69, 9.17) is 11.6 Å². The number of hydrogen-bond donors (Lipinski definition) is 1. The molecular formula is C20H12ClF3N2O5. The molecule has 0 aliphatic carbocycles. The van der Waals surface area contributed by atoms with Crippen molar-refractivity contribution in [3.8, 4) is 0 Å². The molecule has 11 heteroatoms. The van der Waals surface area contributed by atoms with Gasteiger partial charge in [0.1, 0.15) is 5.57 Å². The van der Waals surface area contributed by atoms with Crippen molar-refractivity contribution in [3.63, 3.8) is 0 Å². The summed E-state index contributed by atoms with van der Waals surface area (Å²) in [6.07, 6.45) is -3.62. The van der Waals surface area contributed by atoms with Crippen LogP contribution in [-0.4, -0.2) is 30.9 Å². The van der Waals surface area contributed by atoms with Crippen molar-refractivity contribution in [2.45, 2.75) is 6.18 Å². The van der Waals surface area contributed by atoms with Crippen molar-refractivity contribution in [2.24, 2.45) is 0 Å². The zero-order valence-corrected chi connectivity index (χ0v) is 16.4. The van der Waals surface area contributed by atoms with Crippen LogP contribution in [0.15, 0.2) is 48.0 Å². The fourth-order valence-electron chi connectivity index (χ4n) is 2.74. The van der Waals surface area contributed by atoms with Crippen LogP contribution in [0, 0.1) is 0 Å². The van der Waals surface area contributed by atoms with E-state index in [-0.39, 0.29) is 10.6 Å². The van der Waals surface area contributed by atoms with Crippen LogP contribution in [-0.2, 0) is 20.5 Å². The summed E-state index contributed by atoms with van der Waals surface area (Å²) in [5, 5.41) is 1.60. The topological polar surface area (TPSA) is 92.8 Å². The number of barbiturate groups is 1. The number of nitrogens with one attached hydrogen (secondary N) is 1. The third kappa shape index (κ3) is 4.43. The molecule has 1 saturated heterocycles. The van der Waals surface area contributed by atoms with Crippen molar-refractivity contribution in [3.05, 3.63) is 69.8 Å². The van der Waals surface area contributed by atoms with Gasteiger partial charge in [-0.3, -0.25) is 14.9 Å². The number of halogens is 4. The first-order valence-electron chi connectivity index (χ1n) is 8.49. The molecule has 160 valence electrons. The molecule has 1 aliphatic heterocycles.